The van der Waals surface area contributed by atoms with Crippen LogP contribution >= 0.6 is 0 Å². The van der Waals surface area contributed by atoms with E-state index in [1.165, 1.54) is 18.7 Å². The first-order valence-corrected chi connectivity index (χ1v) is 6.97. The van der Waals surface area contributed by atoms with Crippen LogP contribution in [0.15, 0.2) is 36.4 Å². The van der Waals surface area contributed by atoms with Gasteiger partial charge in [-0.05, 0) is 17.0 Å². The Bertz CT molecular complexity index is 609. The summed E-state index contributed by atoms with van der Waals surface area (Å²) in [5.74, 6) is 0.243. The van der Waals surface area contributed by atoms with Gasteiger partial charge in [0, 0.05) is 18.7 Å². The Kier molecular flexibility index (Phi) is 4.68. The molecule has 0 fully saturated rings. The molecular formula is C17H21FN2O. The number of hydrogen-bond donors (Lipinski definition) is 2. The van der Waals surface area contributed by atoms with Gasteiger partial charge >= 0.3 is 0 Å². The zero-order valence-electron chi connectivity index (χ0n) is 12.6. The SMILES string of the molecule is COc1cc(NCc2ccc(C(C)C)cc2)c(N)cc1F. The lowest BCUT2D eigenvalue weighted by Crippen LogP contribution is -2.04. The second-order valence-electron chi connectivity index (χ2n) is 5.32. The van der Waals surface area contributed by atoms with Crippen molar-refractivity contribution in [2.75, 3.05) is 18.2 Å². The van der Waals surface area contributed by atoms with Crippen LogP contribution in [0, 0.1) is 5.82 Å². The molecule has 2 aromatic rings. The van der Waals surface area contributed by atoms with Gasteiger partial charge in [0.25, 0.3) is 0 Å². The third-order valence-corrected chi connectivity index (χ3v) is 3.45. The third-order valence-electron chi connectivity index (χ3n) is 3.45. The Morgan fingerprint density at radius 1 is 1.19 bits per heavy atom. The Morgan fingerprint density at radius 2 is 1.86 bits per heavy atom. The van der Waals surface area contributed by atoms with Crippen LogP contribution in [-0.2, 0) is 6.54 Å². The van der Waals surface area contributed by atoms with Crippen LogP contribution in [0.25, 0.3) is 0 Å². The molecule has 0 atom stereocenters. The van der Waals surface area contributed by atoms with Crippen LogP contribution in [-0.4, -0.2) is 7.11 Å². The number of benzene rings is 2. The van der Waals surface area contributed by atoms with Crippen molar-refractivity contribution in [1.82, 2.24) is 0 Å². The molecule has 0 bridgehead atoms. The number of nitrogens with two attached hydrogens (primary N) is 1. The van der Waals surface area contributed by atoms with E-state index in [1.807, 2.05) is 0 Å². The lowest BCUT2D eigenvalue weighted by molar-refractivity contribution is 0.387. The number of nitrogens with one attached hydrogen (secondary N) is 1. The van der Waals surface area contributed by atoms with Gasteiger partial charge in [-0.3, -0.25) is 0 Å². The zero-order chi connectivity index (χ0) is 15.4. The molecule has 0 amide bonds. The zero-order valence-corrected chi connectivity index (χ0v) is 12.6. The highest BCUT2D eigenvalue weighted by Crippen LogP contribution is 2.28. The summed E-state index contributed by atoms with van der Waals surface area (Å²) in [5.41, 5.74) is 9.30. The Balaban J connectivity index is 2.09. The molecule has 3 nitrogen and oxygen atoms in total. The molecule has 0 aliphatic rings. The van der Waals surface area contributed by atoms with E-state index in [0.29, 0.717) is 23.8 Å². The molecule has 0 aliphatic carbocycles. The molecule has 0 heterocycles. The smallest absolute Gasteiger partial charge is 0.167 e. The minimum Gasteiger partial charge on any atom is -0.494 e. The van der Waals surface area contributed by atoms with Crippen molar-refractivity contribution in [3.05, 3.63) is 53.3 Å². The summed E-state index contributed by atoms with van der Waals surface area (Å²) in [5, 5.41) is 3.21. The summed E-state index contributed by atoms with van der Waals surface area (Å²) in [6.45, 7) is 4.95. The summed E-state index contributed by atoms with van der Waals surface area (Å²) in [4.78, 5) is 0. The fourth-order valence-electron chi connectivity index (χ4n) is 2.10. The molecular weight excluding hydrogens is 267 g/mol. The molecule has 112 valence electrons. The van der Waals surface area contributed by atoms with Gasteiger partial charge in [0.2, 0.25) is 0 Å². The van der Waals surface area contributed by atoms with E-state index in [0.717, 1.165) is 5.56 Å². The third kappa shape index (κ3) is 3.66. The molecule has 0 spiro atoms. The first-order valence-electron chi connectivity index (χ1n) is 6.97. The molecule has 0 saturated heterocycles. The predicted octanol–water partition coefficient (Wildman–Crippen LogP) is 4.15. The monoisotopic (exact) mass is 288 g/mol. The number of nitrogen functional groups attached to an aromatic ring is 1. The Morgan fingerprint density at radius 3 is 2.43 bits per heavy atom. The van der Waals surface area contributed by atoms with E-state index in [1.54, 1.807) is 6.07 Å². The fraction of sp³-hybridized carbons (Fsp3) is 0.294. The molecule has 2 aromatic carbocycles. The van der Waals surface area contributed by atoms with Crippen molar-refractivity contribution >= 4 is 11.4 Å². The number of methoxy groups -OCH3 is 1. The van der Waals surface area contributed by atoms with Gasteiger partial charge in [-0.15, -0.1) is 0 Å². The van der Waals surface area contributed by atoms with Gasteiger partial charge in [0.05, 0.1) is 18.5 Å². The van der Waals surface area contributed by atoms with Gasteiger partial charge in [-0.2, -0.15) is 0 Å². The minimum absolute atomic E-state index is 0.182. The van der Waals surface area contributed by atoms with E-state index >= 15 is 0 Å². The van der Waals surface area contributed by atoms with E-state index in [2.05, 4.69) is 43.4 Å². The van der Waals surface area contributed by atoms with E-state index in [4.69, 9.17) is 10.5 Å². The molecule has 0 unspecified atom stereocenters. The highest BCUT2D eigenvalue weighted by atomic mass is 19.1. The normalized spacial score (nSPS) is 10.7. The van der Waals surface area contributed by atoms with Gasteiger partial charge in [-0.1, -0.05) is 38.1 Å². The van der Waals surface area contributed by atoms with E-state index in [9.17, 15) is 4.39 Å². The van der Waals surface area contributed by atoms with E-state index in [-0.39, 0.29) is 5.75 Å². The molecule has 3 N–H and O–H groups in total. The van der Waals surface area contributed by atoms with Crippen LogP contribution in [0.5, 0.6) is 5.75 Å². The second kappa shape index (κ2) is 6.48. The predicted molar refractivity (Wildman–Crippen MR) is 85.2 cm³/mol. The summed E-state index contributed by atoms with van der Waals surface area (Å²) < 4.78 is 18.4. The number of rotatable bonds is 5. The average molecular weight is 288 g/mol. The largest absolute Gasteiger partial charge is 0.494 e. The van der Waals surface area contributed by atoms with Crippen LogP contribution < -0.4 is 15.8 Å². The standard InChI is InChI=1S/C17H21FN2O/c1-11(2)13-6-4-12(5-7-13)10-20-16-9-17(21-3)14(18)8-15(16)19/h4-9,11,20H,10,19H2,1-3H3. The van der Waals surface area contributed by atoms with Crippen molar-refractivity contribution in [1.29, 1.82) is 0 Å². The highest BCUT2D eigenvalue weighted by Gasteiger charge is 2.08. The Labute approximate surface area is 124 Å². The van der Waals surface area contributed by atoms with Gasteiger partial charge in [0.1, 0.15) is 0 Å². The van der Waals surface area contributed by atoms with Crippen molar-refractivity contribution in [2.24, 2.45) is 0 Å². The van der Waals surface area contributed by atoms with Crippen LogP contribution in [0.4, 0.5) is 15.8 Å². The van der Waals surface area contributed by atoms with Crippen molar-refractivity contribution in [2.45, 2.75) is 26.3 Å². The van der Waals surface area contributed by atoms with Gasteiger partial charge in [-0.25, -0.2) is 4.39 Å². The lowest BCUT2D eigenvalue weighted by Gasteiger charge is -2.12. The molecule has 0 aromatic heterocycles. The molecule has 2 rings (SSSR count). The average Bonchev–Trinajstić information content (AvgIpc) is 2.47. The van der Waals surface area contributed by atoms with E-state index < -0.39 is 5.82 Å². The number of anilines is 2. The number of ether oxygens (including phenoxy) is 1. The summed E-state index contributed by atoms with van der Waals surface area (Å²) in [6, 6.07) is 11.3. The maximum Gasteiger partial charge on any atom is 0.167 e. The minimum atomic E-state index is -0.457. The molecule has 0 saturated carbocycles. The number of hydrogen-bond acceptors (Lipinski definition) is 3. The topological polar surface area (TPSA) is 47.3 Å². The van der Waals surface area contributed by atoms with Crippen molar-refractivity contribution in [3.63, 3.8) is 0 Å². The van der Waals surface area contributed by atoms with Gasteiger partial charge < -0.3 is 15.8 Å². The quantitative estimate of drug-likeness (QED) is 0.812. The lowest BCUT2D eigenvalue weighted by atomic mass is 10.0. The van der Waals surface area contributed by atoms with Crippen LogP contribution in [0.3, 0.4) is 0 Å². The highest BCUT2D eigenvalue weighted by molar-refractivity contribution is 5.68. The second-order valence-corrected chi connectivity index (χ2v) is 5.32. The molecule has 4 heteroatoms. The Hall–Kier alpha value is -2.23. The summed E-state index contributed by atoms with van der Waals surface area (Å²) >= 11 is 0. The molecule has 0 aliphatic heterocycles. The van der Waals surface area contributed by atoms with Crippen LogP contribution in [0.2, 0.25) is 0 Å². The van der Waals surface area contributed by atoms with Crippen molar-refractivity contribution < 1.29 is 9.13 Å². The summed E-state index contributed by atoms with van der Waals surface area (Å²) in [6.07, 6.45) is 0. The van der Waals surface area contributed by atoms with Gasteiger partial charge in [0.15, 0.2) is 11.6 Å². The first kappa shape index (κ1) is 15.2. The maximum atomic E-state index is 13.5. The first-order chi connectivity index (χ1) is 10.0. The molecule has 0 radical (unpaired) electrons. The number of halogens is 1. The molecule has 21 heavy (non-hydrogen) atoms. The fourth-order valence-corrected chi connectivity index (χ4v) is 2.10. The maximum absolute atomic E-state index is 13.5. The van der Waals surface area contributed by atoms with Crippen molar-refractivity contribution in [3.8, 4) is 5.75 Å². The summed E-state index contributed by atoms with van der Waals surface area (Å²) in [7, 11) is 1.43. The van der Waals surface area contributed by atoms with Crippen LogP contribution in [0.1, 0.15) is 30.9 Å².